The number of thioether (sulfide) groups is 1. The Morgan fingerprint density at radius 3 is 3.00 bits per heavy atom. The molecule has 0 radical (unpaired) electrons. The van der Waals surface area contributed by atoms with Crippen molar-refractivity contribution in [3.63, 3.8) is 0 Å². The minimum atomic E-state index is -0.127. The van der Waals surface area contributed by atoms with E-state index in [0.717, 1.165) is 15.2 Å². The maximum atomic E-state index is 11.2. The Morgan fingerprint density at radius 2 is 2.19 bits per heavy atom. The number of aromatic amines is 1. The quantitative estimate of drug-likeness (QED) is 0.823. The van der Waals surface area contributed by atoms with Gasteiger partial charge >= 0.3 is 0 Å². The van der Waals surface area contributed by atoms with Crippen LogP contribution in [0.5, 0.6) is 0 Å². The van der Waals surface area contributed by atoms with Crippen LogP contribution in [0, 0.1) is 0 Å². The molecule has 8 heteroatoms. The maximum absolute atomic E-state index is 11.2. The second-order valence-electron chi connectivity index (χ2n) is 5.04. The number of H-pyrrole nitrogens is 1. The van der Waals surface area contributed by atoms with Crippen molar-refractivity contribution >= 4 is 28.2 Å². The molecule has 1 fully saturated rings. The van der Waals surface area contributed by atoms with E-state index in [2.05, 4.69) is 25.5 Å². The molecule has 0 aromatic carbocycles. The molecule has 1 saturated carbocycles. The van der Waals surface area contributed by atoms with Crippen LogP contribution >= 0.6 is 23.1 Å². The summed E-state index contributed by atoms with van der Waals surface area (Å²) >= 11 is 3.12. The lowest BCUT2D eigenvalue weighted by atomic mass is 9.96. The van der Waals surface area contributed by atoms with Crippen LogP contribution in [0.15, 0.2) is 21.5 Å². The van der Waals surface area contributed by atoms with E-state index in [1.165, 1.54) is 44.5 Å². The van der Waals surface area contributed by atoms with Crippen molar-refractivity contribution in [1.82, 2.24) is 20.2 Å². The average Bonchev–Trinajstić information content (AvgIpc) is 2.94. The first kappa shape index (κ1) is 14.5. The summed E-state index contributed by atoms with van der Waals surface area (Å²) < 4.78 is 0.899. The first-order valence-electron chi connectivity index (χ1n) is 7.06. The van der Waals surface area contributed by atoms with Gasteiger partial charge in [0.15, 0.2) is 4.34 Å². The molecule has 3 rings (SSSR count). The van der Waals surface area contributed by atoms with Gasteiger partial charge in [0.2, 0.25) is 5.13 Å². The third-order valence-electron chi connectivity index (χ3n) is 3.42. The Hall–Kier alpha value is -1.41. The summed E-state index contributed by atoms with van der Waals surface area (Å²) in [4.78, 5) is 17.8. The second kappa shape index (κ2) is 7.04. The number of rotatable bonds is 5. The highest BCUT2D eigenvalue weighted by Gasteiger charge is 2.15. The summed E-state index contributed by atoms with van der Waals surface area (Å²) in [5.74, 6) is 0.627. The zero-order valence-electron chi connectivity index (χ0n) is 11.5. The molecule has 0 aliphatic heterocycles. The molecule has 1 aliphatic carbocycles. The first-order chi connectivity index (χ1) is 10.3. The highest BCUT2D eigenvalue weighted by molar-refractivity contribution is 8.00. The third kappa shape index (κ3) is 4.28. The van der Waals surface area contributed by atoms with Crippen molar-refractivity contribution in [2.24, 2.45) is 0 Å². The summed E-state index contributed by atoms with van der Waals surface area (Å²) in [6.07, 6.45) is 7.81. The summed E-state index contributed by atoms with van der Waals surface area (Å²) in [6, 6.07) is 2.05. The normalized spacial score (nSPS) is 16.0. The summed E-state index contributed by atoms with van der Waals surface area (Å²) in [7, 11) is 0. The Bertz CT molecular complexity index is 635. The highest BCUT2D eigenvalue weighted by atomic mass is 32.2. The van der Waals surface area contributed by atoms with E-state index in [0.29, 0.717) is 11.8 Å². The van der Waals surface area contributed by atoms with Crippen molar-refractivity contribution in [2.75, 3.05) is 5.32 Å². The molecule has 0 bridgehead atoms. The Morgan fingerprint density at radius 1 is 1.33 bits per heavy atom. The molecule has 1 aliphatic rings. The van der Waals surface area contributed by atoms with Crippen LogP contribution in [0.3, 0.4) is 0 Å². The number of hydrogen-bond acceptors (Lipinski definition) is 7. The Labute approximate surface area is 130 Å². The largest absolute Gasteiger partial charge is 0.357 e. The maximum Gasteiger partial charge on any atom is 0.250 e. The zero-order chi connectivity index (χ0) is 14.5. The van der Waals surface area contributed by atoms with Gasteiger partial charge in [-0.1, -0.05) is 42.4 Å². The summed E-state index contributed by atoms with van der Waals surface area (Å²) in [6.45, 7) is 0. The minimum Gasteiger partial charge on any atom is -0.357 e. The van der Waals surface area contributed by atoms with Gasteiger partial charge in [0.25, 0.3) is 5.56 Å². The lowest BCUT2D eigenvalue weighted by Gasteiger charge is -2.21. The SMILES string of the molecule is O=c1cc(CSc2nnc(NC3CCCCC3)s2)nc[nH]1. The fraction of sp³-hybridized carbons (Fsp3) is 0.538. The zero-order valence-corrected chi connectivity index (χ0v) is 13.2. The molecular weight excluding hydrogens is 306 g/mol. The van der Waals surface area contributed by atoms with Crippen molar-refractivity contribution in [3.8, 4) is 0 Å². The third-order valence-corrected chi connectivity index (χ3v) is 5.44. The number of nitrogens with one attached hydrogen (secondary N) is 2. The molecule has 21 heavy (non-hydrogen) atoms. The van der Waals surface area contributed by atoms with E-state index < -0.39 is 0 Å². The standard InChI is InChI=1S/C13H17N5OS2/c19-11-6-10(14-8-15-11)7-20-13-18-17-12(21-13)16-9-4-2-1-3-5-9/h6,8-9H,1-5,7H2,(H,16,17)(H,14,15,19). The molecule has 112 valence electrons. The Balaban J connectivity index is 1.53. The van der Waals surface area contributed by atoms with Gasteiger partial charge in [-0.2, -0.15) is 0 Å². The Kier molecular flexibility index (Phi) is 4.87. The second-order valence-corrected chi connectivity index (χ2v) is 7.24. The highest BCUT2D eigenvalue weighted by Crippen LogP contribution is 2.29. The lowest BCUT2D eigenvalue weighted by Crippen LogP contribution is -2.21. The van der Waals surface area contributed by atoms with Crippen LogP contribution in [0.4, 0.5) is 5.13 Å². The van der Waals surface area contributed by atoms with E-state index >= 15 is 0 Å². The van der Waals surface area contributed by atoms with Gasteiger partial charge < -0.3 is 10.3 Å². The van der Waals surface area contributed by atoms with Crippen LogP contribution in [0.1, 0.15) is 37.8 Å². The molecule has 2 N–H and O–H groups in total. The first-order valence-corrected chi connectivity index (χ1v) is 8.86. The van der Waals surface area contributed by atoms with Crippen molar-refractivity contribution in [2.45, 2.75) is 48.2 Å². The van der Waals surface area contributed by atoms with Crippen LogP contribution in [0.2, 0.25) is 0 Å². The van der Waals surface area contributed by atoms with E-state index in [1.807, 2.05) is 0 Å². The molecule has 0 unspecified atom stereocenters. The molecule has 0 saturated heterocycles. The van der Waals surface area contributed by atoms with Gasteiger partial charge in [0.05, 0.1) is 12.0 Å². The van der Waals surface area contributed by atoms with Gasteiger partial charge in [-0.3, -0.25) is 4.79 Å². The van der Waals surface area contributed by atoms with Crippen LogP contribution in [-0.2, 0) is 5.75 Å². The van der Waals surface area contributed by atoms with Crippen molar-refractivity contribution < 1.29 is 0 Å². The molecular formula is C13H17N5OS2. The molecule has 2 aromatic rings. The minimum absolute atomic E-state index is 0.127. The number of hydrogen-bond donors (Lipinski definition) is 2. The van der Waals surface area contributed by atoms with Gasteiger partial charge in [-0.25, -0.2) is 4.98 Å². The molecule has 0 amide bonds. The van der Waals surface area contributed by atoms with Gasteiger partial charge in [0.1, 0.15) is 0 Å². The van der Waals surface area contributed by atoms with E-state index in [9.17, 15) is 4.79 Å². The fourth-order valence-corrected chi connectivity index (χ4v) is 4.10. The van der Waals surface area contributed by atoms with Crippen LogP contribution < -0.4 is 10.9 Å². The van der Waals surface area contributed by atoms with E-state index in [-0.39, 0.29) is 5.56 Å². The van der Waals surface area contributed by atoms with Gasteiger partial charge in [-0.05, 0) is 12.8 Å². The number of aromatic nitrogens is 4. The molecule has 0 atom stereocenters. The molecule has 0 spiro atoms. The number of anilines is 1. The monoisotopic (exact) mass is 323 g/mol. The number of nitrogens with zero attached hydrogens (tertiary/aromatic N) is 3. The summed E-state index contributed by atoms with van der Waals surface area (Å²) in [5.41, 5.74) is 0.623. The molecule has 2 aromatic heterocycles. The average molecular weight is 323 g/mol. The van der Waals surface area contributed by atoms with Crippen molar-refractivity contribution in [3.05, 3.63) is 28.4 Å². The van der Waals surface area contributed by atoms with E-state index in [1.54, 1.807) is 23.1 Å². The van der Waals surface area contributed by atoms with E-state index in [4.69, 9.17) is 0 Å². The summed E-state index contributed by atoms with van der Waals surface area (Å²) in [5, 5.41) is 12.7. The van der Waals surface area contributed by atoms with Crippen molar-refractivity contribution in [1.29, 1.82) is 0 Å². The predicted octanol–water partition coefficient (Wildman–Crippen LogP) is 2.66. The van der Waals surface area contributed by atoms with Crippen LogP contribution in [0.25, 0.3) is 0 Å². The lowest BCUT2D eigenvalue weighted by molar-refractivity contribution is 0.462. The predicted molar refractivity (Wildman–Crippen MR) is 84.8 cm³/mol. The smallest absolute Gasteiger partial charge is 0.250 e. The topological polar surface area (TPSA) is 83.6 Å². The van der Waals surface area contributed by atoms with Gasteiger partial charge in [0, 0.05) is 17.9 Å². The fourth-order valence-electron chi connectivity index (χ4n) is 2.37. The van der Waals surface area contributed by atoms with Gasteiger partial charge in [-0.15, -0.1) is 10.2 Å². The molecule has 2 heterocycles. The van der Waals surface area contributed by atoms with Crippen LogP contribution in [-0.4, -0.2) is 26.2 Å². The molecule has 6 nitrogen and oxygen atoms in total.